The van der Waals surface area contributed by atoms with Gasteiger partial charge in [-0.15, -0.1) is 0 Å². The molecule has 0 aliphatic heterocycles. The van der Waals surface area contributed by atoms with Gasteiger partial charge in [-0.1, -0.05) is 48.5 Å². The van der Waals surface area contributed by atoms with Crippen LogP contribution in [-0.4, -0.2) is 29.8 Å². The highest BCUT2D eigenvalue weighted by atomic mass is 16.5. The van der Waals surface area contributed by atoms with E-state index >= 15 is 0 Å². The van der Waals surface area contributed by atoms with E-state index in [9.17, 15) is 9.90 Å². The zero-order chi connectivity index (χ0) is 23.9. The molecule has 0 radical (unpaired) electrons. The number of benzene rings is 3. The van der Waals surface area contributed by atoms with Crippen molar-refractivity contribution in [1.82, 2.24) is 10.3 Å². The van der Waals surface area contributed by atoms with Crippen molar-refractivity contribution in [3.05, 3.63) is 106 Å². The van der Waals surface area contributed by atoms with E-state index in [0.29, 0.717) is 24.4 Å². The third-order valence-corrected chi connectivity index (χ3v) is 5.85. The van der Waals surface area contributed by atoms with E-state index in [-0.39, 0.29) is 11.6 Å². The molecule has 0 fully saturated rings. The largest absolute Gasteiger partial charge is 0.497 e. The van der Waals surface area contributed by atoms with E-state index in [4.69, 9.17) is 9.47 Å². The van der Waals surface area contributed by atoms with E-state index in [1.54, 1.807) is 19.2 Å². The average Bonchev–Trinajstić information content (AvgIpc) is 2.87. The minimum Gasteiger partial charge on any atom is -0.497 e. The second-order valence-corrected chi connectivity index (χ2v) is 8.42. The van der Waals surface area contributed by atoms with Crippen LogP contribution in [0.4, 0.5) is 0 Å². The topological polar surface area (TPSA) is 83.6 Å². The van der Waals surface area contributed by atoms with E-state index in [1.807, 2.05) is 60.7 Å². The molecule has 0 bridgehead atoms. The molecule has 0 aliphatic carbocycles. The van der Waals surface area contributed by atoms with Crippen LogP contribution in [0.2, 0.25) is 0 Å². The van der Waals surface area contributed by atoms with Crippen LogP contribution in [0.1, 0.15) is 29.7 Å². The lowest BCUT2D eigenvalue weighted by Gasteiger charge is -2.20. The van der Waals surface area contributed by atoms with Gasteiger partial charge in [0.25, 0.3) is 0 Å². The first-order chi connectivity index (χ1) is 16.5. The molecule has 3 aromatic carbocycles. The Balaban J connectivity index is 1.45. The zero-order valence-corrected chi connectivity index (χ0v) is 19.5. The van der Waals surface area contributed by atoms with Gasteiger partial charge in [0, 0.05) is 24.0 Å². The fourth-order valence-electron chi connectivity index (χ4n) is 4.00. The SMILES string of the molecule is COc1ccc(C[C@@H](C)NC[C@@H](O)c2ccc(OCc3ccccc3)c3[nH]c(=O)ccc23)cc1. The number of hydrogen-bond acceptors (Lipinski definition) is 5. The summed E-state index contributed by atoms with van der Waals surface area (Å²) < 4.78 is 11.2. The van der Waals surface area contributed by atoms with Crippen LogP contribution in [0.3, 0.4) is 0 Å². The molecule has 1 heterocycles. The van der Waals surface area contributed by atoms with Crippen molar-refractivity contribution in [2.75, 3.05) is 13.7 Å². The normalized spacial score (nSPS) is 12.9. The first-order valence-corrected chi connectivity index (χ1v) is 11.4. The minimum atomic E-state index is -0.741. The molecule has 0 spiro atoms. The van der Waals surface area contributed by atoms with Gasteiger partial charge >= 0.3 is 0 Å². The predicted octanol–water partition coefficient (Wildman–Crippen LogP) is 4.37. The maximum atomic E-state index is 12.0. The molecule has 2 atom stereocenters. The summed E-state index contributed by atoms with van der Waals surface area (Å²) in [6.07, 6.45) is 0.0896. The van der Waals surface area contributed by atoms with E-state index in [2.05, 4.69) is 17.2 Å². The molecular formula is C28H30N2O4. The Kier molecular flexibility index (Phi) is 7.62. The number of methoxy groups -OCH3 is 1. The number of aromatic nitrogens is 1. The number of aliphatic hydroxyl groups is 1. The number of aromatic amines is 1. The third-order valence-electron chi connectivity index (χ3n) is 5.85. The molecule has 0 aliphatic rings. The van der Waals surface area contributed by atoms with Gasteiger partial charge in [-0.25, -0.2) is 0 Å². The number of fused-ring (bicyclic) bond motifs is 1. The minimum absolute atomic E-state index is 0.169. The molecule has 3 N–H and O–H groups in total. The van der Waals surface area contributed by atoms with Gasteiger partial charge in [-0.2, -0.15) is 0 Å². The fraction of sp³-hybridized carbons (Fsp3) is 0.250. The number of pyridine rings is 1. The standard InChI is InChI=1S/C28H30N2O4/c1-19(16-20-8-10-22(33-2)11-9-20)29-17-25(31)23-12-14-26(28-24(23)13-15-27(32)30-28)34-18-21-6-4-3-5-7-21/h3-15,19,25,29,31H,16-18H2,1-2H3,(H,30,32)/t19-,25-/m1/s1. The second kappa shape index (κ2) is 11.0. The molecule has 0 saturated heterocycles. The Morgan fingerprint density at radius 3 is 2.44 bits per heavy atom. The third kappa shape index (κ3) is 5.84. The van der Waals surface area contributed by atoms with Gasteiger partial charge in [-0.3, -0.25) is 4.79 Å². The molecule has 4 rings (SSSR count). The van der Waals surface area contributed by atoms with Crippen LogP contribution in [0.15, 0.2) is 83.7 Å². The molecular weight excluding hydrogens is 428 g/mol. The van der Waals surface area contributed by atoms with Crippen LogP contribution < -0.4 is 20.3 Å². The number of ether oxygens (including phenoxy) is 2. The first-order valence-electron chi connectivity index (χ1n) is 11.4. The van der Waals surface area contributed by atoms with Crippen LogP contribution in [0.25, 0.3) is 10.9 Å². The van der Waals surface area contributed by atoms with Crippen molar-refractivity contribution < 1.29 is 14.6 Å². The lowest BCUT2D eigenvalue weighted by atomic mass is 10.0. The van der Waals surface area contributed by atoms with Crippen molar-refractivity contribution in [3.8, 4) is 11.5 Å². The number of aliphatic hydroxyl groups excluding tert-OH is 1. The lowest BCUT2D eigenvalue weighted by Crippen LogP contribution is -2.32. The molecule has 176 valence electrons. The summed E-state index contributed by atoms with van der Waals surface area (Å²) in [6, 6.07) is 24.9. The van der Waals surface area contributed by atoms with Crippen molar-refractivity contribution in [2.24, 2.45) is 0 Å². The monoisotopic (exact) mass is 458 g/mol. The Hall–Kier alpha value is -3.61. The maximum absolute atomic E-state index is 12.0. The summed E-state index contributed by atoms with van der Waals surface area (Å²) in [7, 11) is 1.65. The predicted molar refractivity (Wildman–Crippen MR) is 134 cm³/mol. The number of rotatable bonds is 10. The average molecular weight is 459 g/mol. The Bertz CT molecular complexity index is 1270. The molecule has 6 nitrogen and oxygen atoms in total. The van der Waals surface area contributed by atoms with Crippen LogP contribution in [-0.2, 0) is 13.0 Å². The van der Waals surface area contributed by atoms with Gasteiger partial charge < -0.3 is 24.9 Å². The summed E-state index contributed by atoms with van der Waals surface area (Å²) in [5.41, 5.74) is 3.34. The van der Waals surface area contributed by atoms with Gasteiger partial charge in [-0.05, 0) is 54.3 Å². The quantitative estimate of drug-likeness (QED) is 0.329. The maximum Gasteiger partial charge on any atom is 0.248 e. The smallest absolute Gasteiger partial charge is 0.248 e. The Morgan fingerprint density at radius 2 is 1.71 bits per heavy atom. The van der Waals surface area contributed by atoms with Crippen molar-refractivity contribution in [3.63, 3.8) is 0 Å². The van der Waals surface area contributed by atoms with Crippen LogP contribution in [0, 0.1) is 0 Å². The molecule has 6 heteroatoms. The second-order valence-electron chi connectivity index (χ2n) is 8.42. The highest BCUT2D eigenvalue weighted by Gasteiger charge is 2.16. The molecule has 0 saturated carbocycles. The van der Waals surface area contributed by atoms with Gasteiger partial charge in [0.1, 0.15) is 18.1 Å². The number of nitrogens with one attached hydrogen (secondary N) is 2. The van der Waals surface area contributed by atoms with E-state index in [0.717, 1.165) is 28.7 Å². The molecule has 0 amide bonds. The highest BCUT2D eigenvalue weighted by Crippen LogP contribution is 2.30. The summed E-state index contributed by atoms with van der Waals surface area (Å²) in [6.45, 7) is 2.86. The fourth-order valence-corrected chi connectivity index (χ4v) is 4.00. The van der Waals surface area contributed by atoms with E-state index < -0.39 is 6.10 Å². The summed E-state index contributed by atoms with van der Waals surface area (Å²) >= 11 is 0. The first kappa shape index (κ1) is 23.5. The lowest BCUT2D eigenvalue weighted by molar-refractivity contribution is 0.172. The number of hydrogen-bond donors (Lipinski definition) is 3. The van der Waals surface area contributed by atoms with Gasteiger partial charge in [0.15, 0.2) is 0 Å². The summed E-state index contributed by atoms with van der Waals surface area (Å²) in [5, 5.41) is 15.1. The highest BCUT2D eigenvalue weighted by molar-refractivity contribution is 5.87. The van der Waals surface area contributed by atoms with Gasteiger partial charge in [0.2, 0.25) is 5.56 Å². The number of H-pyrrole nitrogens is 1. The van der Waals surface area contributed by atoms with E-state index in [1.165, 1.54) is 11.6 Å². The summed E-state index contributed by atoms with van der Waals surface area (Å²) in [4.78, 5) is 14.9. The van der Waals surface area contributed by atoms with Crippen molar-refractivity contribution >= 4 is 10.9 Å². The molecule has 4 aromatic rings. The summed E-state index contributed by atoms with van der Waals surface area (Å²) in [5.74, 6) is 1.41. The molecule has 1 aromatic heterocycles. The van der Waals surface area contributed by atoms with Crippen molar-refractivity contribution in [2.45, 2.75) is 32.1 Å². The molecule has 34 heavy (non-hydrogen) atoms. The van der Waals surface area contributed by atoms with Crippen LogP contribution >= 0.6 is 0 Å². The molecule has 0 unspecified atom stereocenters. The van der Waals surface area contributed by atoms with Crippen LogP contribution in [0.5, 0.6) is 11.5 Å². The van der Waals surface area contributed by atoms with Gasteiger partial charge in [0.05, 0.1) is 18.7 Å². The Morgan fingerprint density at radius 1 is 0.941 bits per heavy atom. The van der Waals surface area contributed by atoms with Crippen molar-refractivity contribution in [1.29, 1.82) is 0 Å². The zero-order valence-electron chi connectivity index (χ0n) is 19.5. The Labute approximate surface area is 199 Å².